The zero-order chi connectivity index (χ0) is 18.8. The largest absolute Gasteiger partial charge is 0.768 e. The van der Waals surface area contributed by atoms with E-state index in [2.05, 4.69) is 20.2 Å². The van der Waals surface area contributed by atoms with Gasteiger partial charge < -0.3 is 9.87 Å². The fraction of sp³-hybridized carbons (Fsp3) is 0.333. The predicted octanol–water partition coefficient (Wildman–Crippen LogP) is 3.66. The minimum Gasteiger partial charge on any atom is -0.768 e. The van der Waals surface area contributed by atoms with Crippen molar-refractivity contribution in [3.63, 3.8) is 0 Å². The van der Waals surface area contributed by atoms with Crippen molar-refractivity contribution in [1.29, 1.82) is 0 Å². The van der Waals surface area contributed by atoms with Crippen molar-refractivity contribution in [2.24, 2.45) is 0 Å². The molecule has 0 radical (unpaired) electrons. The van der Waals surface area contributed by atoms with E-state index in [1.165, 1.54) is 11.3 Å². The maximum atomic E-state index is 11.1. The molecule has 1 saturated heterocycles. The molecule has 3 heterocycles. The third-order valence-corrected chi connectivity index (χ3v) is 6.54. The molecule has 1 aliphatic heterocycles. The summed E-state index contributed by atoms with van der Waals surface area (Å²) in [5, 5.41) is 4.50. The molecular weight excluding hydrogens is 404 g/mol. The first-order valence-corrected chi connectivity index (χ1v) is 10.9. The lowest BCUT2D eigenvalue weighted by Crippen LogP contribution is -2.38. The topological polar surface area (TPSA) is 81.2 Å². The summed E-state index contributed by atoms with van der Waals surface area (Å²) in [5.74, 6) is 0.840. The third kappa shape index (κ3) is 4.47. The molecule has 1 fully saturated rings. The number of fused-ring (bicyclic) bond motifs is 1. The fourth-order valence-electron chi connectivity index (χ4n) is 3.38. The van der Waals surface area contributed by atoms with E-state index in [-0.39, 0.29) is 0 Å². The highest BCUT2D eigenvalue weighted by Gasteiger charge is 2.20. The molecule has 0 aliphatic carbocycles. The van der Waals surface area contributed by atoms with E-state index in [1.807, 2.05) is 12.1 Å². The second kappa shape index (κ2) is 8.20. The summed E-state index contributed by atoms with van der Waals surface area (Å²) in [5.41, 5.74) is 1.02. The van der Waals surface area contributed by atoms with Crippen LogP contribution in [0.2, 0.25) is 4.34 Å². The summed E-state index contributed by atoms with van der Waals surface area (Å²) < 4.78 is 22.9. The Hall–Kier alpha value is -1.58. The molecular formula is C18H18ClN4O2S2-. The smallest absolute Gasteiger partial charge is 0.138 e. The van der Waals surface area contributed by atoms with Gasteiger partial charge in [-0.1, -0.05) is 23.7 Å². The van der Waals surface area contributed by atoms with Crippen LogP contribution in [0.3, 0.4) is 0 Å². The zero-order valence-corrected chi connectivity index (χ0v) is 16.8. The van der Waals surface area contributed by atoms with Crippen LogP contribution in [0.4, 0.5) is 5.82 Å². The Balaban J connectivity index is 1.36. The van der Waals surface area contributed by atoms with Crippen LogP contribution in [0.1, 0.15) is 18.4 Å². The molecule has 1 unspecified atom stereocenters. The molecule has 0 saturated carbocycles. The number of nitrogens with one attached hydrogen (secondary N) is 1. The number of thiophene rings is 1. The van der Waals surface area contributed by atoms with Gasteiger partial charge in [0.05, 0.1) is 9.72 Å². The van der Waals surface area contributed by atoms with Gasteiger partial charge in [-0.2, -0.15) is 0 Å². The number of nitrogens with zero attached hydrogens (tertiary/aromatic N) is 3. The Labute approximate surface area is 168 Å². The molecule has 1 N–H and O–H groups in total. The lowest BCUT2D eigenvalue weighted by atomic mass is 10.0. The Bertz CT molecular complexity index is 973. The molecule has 9 heteroatoms. The van der Waals surface area contributed by atoms with Crippen LogP contribution >= 0.6 is 22.9 Å². The number of benzene rings is 1. The maximum absolute atomic E-state index is 11.1. The maximum Gasteiger partial charge on any atom is 0.138 e. The van der Waals surface area contributed by atoms with Gasteiger partial charge in [-0.15, -0.1) is 11.3 Å². The number of halogens is 1. The summed E-state index contributed by atoms with van der Waals surface area (Å²) in [6.45, 7) is 2.65. The van der Waals surface area contributed by atoms with Gasteiger partial charge >= 0.3 is 0 Å². The fourth-order valence-corrected chi connectivity index (χ4v) is 4.87. The van der Waals surface area contributed by atoms with Gasteiger partial charge in [0.1, 0.15) is 17.0 Å². The highest BCUT2D eigenvalue weighted by molar-refractivity contribution is 7.79. The summed E-state index contributed by atoms with van der Waals surface area (Å²) in [7, 11) is 0. The number of rotatable bonds is 5. The molecule has 142 valence electrons. The van der Waals surface area contributed by atoms with Gasteiger partial charge in [-0.25, -0.2) is 9.97 Å². The van der Waals surface area contributed by atoms with Crippen LogP contribution in [-0.2, 0) is 17.6 Å². The standard InChI is InChI=1S/C18H19ClN4O2S2/c19-16-9-15-17(20-11-21-18(15)26-16)22-13-4-6-23(7-5-13)10-12-2-1-3-14(8-12)27(24)25/h1-3,8-9,11,13H,4-7,10H2,(H,24,25)(H,20,21,22)/p-1. The van der Waals surface area contributed by atoms with Crippen LogP contribution < -0.4 is 5.32 Å². The molecule has 0 spiro atoms. The number of anilines is 1. The van der Waals surface area contributed by atoms with E-state index in [4.69, 9.17) is 11.6 Å². The summed E-state index contributed by atoms with van der Waals surface area (Å²) in [6.07, 6.45) is 3.56. The van der Waals surface area contributed by atoms with Gasteiger partial charge in [0.15, 0.2) is 0 Å². The van der Waals surface area contributed by atoms with Crippen molar-refractivity contribution >= 4 is 50.1 Å². The molecule has 1 aliphatic rings. The first-order chi connectivity index (χ1) is 13.1. The van der Waals surface area contributed by atoms with Crippen molar-refractivity contribution < 1.29 is 8.76 Å². The molecule has 0 amide bonds. The zero-order valence-electron chi connectivity index (χ0n) is 14.4. The lowest BCUT2D eigenvalue weighted by molar-refractivity contribution is 0.211. The average Bonchev–Trinajstić information content (AvgIpc) is 3.05. The Morgan fingerprint density at radius 3 is 2.89 bits per heavy atom. The quantitative estimate of drug-likeness (QED) is 0.633. The first kappa shape index (κ1) is 18.8. The first-order valence-electron chi connectivity index (χ1n) is 8.65. The highest BCUT2D eigenvalue weighted by atomic mass is 35.5. The summed E-state index contributed by atoms with van der Waals surface area (Å²) in [6, 6.07) is 9.37. The molecule has 1 atom stereocenters. The third-order valence-electron chi connectivity index (χ3n) is 4.72. The van der Waals surface area contributed by atoms with Crippen LogP contribution in [0.25, 0.3) is 10.2 Å². The number of piperidine rings is 1. The Morgan fingerprint density at radius 1 is 1.30 bits per heavy atom. The second-order valence-electron chi connectivity index (χ2n) is 6.57. The Kier molecular flexibility index (Phi) is 5.70. The SMILES string of the molecule is O=S([O-])c1cccc(CN2CCC(Nc3ncnc4sc(Cl)cc34)CC2)c1. The van der Waals surface area contributed by atoms with E-state index in [1.54, 1.807) is 24.5 Å². The van der Waals surface area contributed by atoms with E-state index in [0.29, 0.717) is 15.3 Å². The van der Waals surface area contributed by atoms with Gasteiger partial charge in [-0.3, -0.25) is 9.11 Å². The monoisotopic (exact) mass is 421 g/mol. The molecule has 6 nitrogen and oxygen atoms in total. The van der Waals surface area contributed by atoms with Gasteiger partial charge in [0.2, 0.25) is 0 Å². The molecule has 2 aromatic heterocycles. The van der Waals surface area contributed by atoms with E-state index in [9.17, 15) is 8.76 Å². The number of likely N-dealkylation sites (tertiary alicyclic amines) is 1. The van der Waals surface area contributed by atoms with Crippen LogP contribution in [0, 0.1) is 0 Å². The summed E-state index contributed by atoms with van der Waals surface area (Å²) >= 11 is 5.37. The van der Waals surface area contributed by atoms with Crippen molar-refractivity contribution in [3.8, 4) is 0 Å². The molecule has 4 rings (SSSR count). The number of aromatic nitrogens is 2. The average molecular weight is 422 g/mol. The van der Waals surface area contributed by atoms with Crippen molar-refractivity contribution in [1.82, 2.24) is 14.9 Å². The van der Waals surface area contributed by atoms with Crippen LogP contribution in [0.15, 0.2) is 41.6 Å². The minimum absolute atomic E-state index is 0.339. The predicted molar refractivity (Wildman–Crippen MR) is 108 cm³/mol. The van der Waals surface area contributed by atoms with E-state index < -0.39 is 11.1 Å². The minimum atomic E-state index is -2.18. The van der Waals surface area contributed by atoms with Crippen molar-refractivity contribution in [2.45, 2.75) is 30.3 Å². The summed E-state index contributed by atoms with van der Waals surface area (Å²) in [4.78, 5) is 12.2. The van der Waals surface area contributed by atoms with Crippen LogP contribution in [0.5, 0.6) is 0 Å². The molecule has 0 bridgehead atoms. The van der Waals surface area contributed by atoms with E-state index in [0.717, 1.165) is 54.1 Å². The lowest BCUT2D eigenvalue weighted by Gasteiger charge is -2.32. The van der Waals surface area contributed by atoms with Gasteiger partial charge in [0.25, 0.3) is 0 Å². The second-order valence-corrected chi connectivity index (χ2v) is 9.17. The highest BCUT2D eigenvalue weighted by Crippen LogP contribution is 2.32. The number of hydrogen-bond donors (Lipinski definition) is 1. The molecule has 27 heavy (non-hydrogen) atoms. The van der Waals surface area contributed by atoms with Gasteiger partial charge in [-0.05, 0) is 47.7 Å². The van der Waals surface area contributed by atoms with Crippen molar-refractivity contribution in [3.05, 3.63) is 46.6 Å². The molecule has 3 aromatic rings. The number of hydrogen-bond acceptors (Lipinski definition) is 7. The van der Waals surface area contributed by atoms with Crippen molar-refractivity contribution in [2.75, 3.05) is 18.4 Å². The Morgan fingerprint density at radius 2 is 2.11 bits per heavy atom. The normalized spacial score (nSPS) is 17.3. The molecule has 1 aromatic carbocycles. The van der Waals surface area contributed by atoms with Crippen LogP contribution in [-0.4, -0.2) is 42.8 Å². The van der Waals surface area contributed by atoms with Gasteiger partial charge in [0, 0.05) is 30.6 Å². The van der Waals surface area contributed by atoms with E-state index >= 15 is 0 Å².